The van der Waals surface area contributed by atoms with Crippen LogP contribution < -0.4 is 0 Å². The average molecular weight is 310 g/mol. The number of carbonyl (C=O) groups is 2. The van der Waals surface area contributed by atoms with Gasteiger partial charge in [0, 0.05) is 11.7 Å². The van der Waals surface area contributed by atoms with Crippen molar-refractivity contribution in [1.82, 2.24) is 20.1 Å². The summed E-state index contributed by atoms with van der Waals surface area (Å²) in [6, 6.07) is -0.808. The summed E-state index contributed by atoms with van der Waals surface area (Å²) in [7, 11) is 0. The summed E-state index contributed by atoms with van der Waals surface area (Å²) in [6.45, 7) is 3.96. The van der Waals surface area contributed by atoms with Crippen molar-refractivity contribution in [3.8, 4) is 0 Å². The Morgan fingerprint density at radius 1 is 1.43 bits per heavy atom. The number of nitrogens with one attached hydrogen (secondary N) is 1. The van der Waals surface area contributed by atoms with Crippen LogP contribution in [-0.4, -0.2) is 54.2 Å². The minimum absolute atomic E-state index is 0.0799. The third-order valence-corrected chi connectivity index (χ3v) is 5.40. The molecule has 0 bridgehead atoms. The van der Waals surface area contributed by atoms with Gasteiger partial charge in [-0.25, -0.2) is 9.78 Å². The molecule has 3 rings (SSSR count). The number of nitrogens with zero attached hydrogens (tertiary/aromatic N) is 3. The van der Waals surface area contributed by atoms with Gasteiger partial charge in [0.1, 0.15) is 11.9 Å². The Hall–Kier alpha value is -1.57. The molecule has 1 aliphatic heterocycles. The highest BCUT2D eigenvalue weighted by Gasteiger charge is 2.44. The van der Waals surface area contributed by atoms with Crippen molar-refractivity contribution in [1.29, 1.82) is 0 Å². The fourth-order valence-electron chi connectivity index (χ4n) is 2.51. The first-order valence-electron chi connectivity index (χ1n) is 7.08. The lowest BCUT2D eigenvalue weighted by molar-refractivity contribution is -0.141. The maximum Gasteiger partial charge on any atom is 0.327 e. The van der Waals surface area contributed by atoms with Crippen molar-refractivity contribution >= 4 is 23.6 Å². The van der Waals surface area contributed by atoms with E-state index in [0.717, 1.165) is 18.7 Å². The fraction of sp³-hybridized carbons (Fsp3) is 0.692. The SMILES string of the molecule is CC(C)C1SCC(C(=O)O)N1C(=O)c1n[nH]c(C2CC2)n1. The van der Waals surface area contributed by atoms with Crippen molar-refractivity contribution in [2.45, 2.75) is 44.0 Å². The minimum Gasteiger partial charge on any atom is -0.480 e. The van der Waals surface area contributed by atoms with Crippen LogP contribution in [-0.2, 0) is 4.79 Å². The van der Waals surface area contributed by atoms with Crippen LogP contribution in [0.2, 0.25) is 0 Å². The van der Waals surface area contributed by atoms with Crippen molar-refractivity contribution < 1.29 is 14.7 Å². The maximum absolute atomic E-state index is 12.6. The van der Waals surface area contributed by atoms with E-state index in [4.69, 9.17) is 0 Å². The molecule has 0 spiro atoms. The number of aromatic amines is 1. The number of carbonyl (C=O) groups excluding carboxylic acids is 1. The van der Waals surface area contributed by atoms with Gasteiger partial charge in [-0.15, -0.1) is 16.9 Å². The molecule has 1 amide bonds. The Bertz CT molecular complexity index is 570. The van der Waals surface area contributed by atoms with E-state index in [1.807, 2.05) is 13.8 Å². The Kier molecular flexibility index (Phi) is 3.64. The molecular weight excluding hydrogens is 292 g/mol. The molecule has 0 aromatic carbocycles. The van der Waals surface area contributed by atoms with Crippen LogP contribution in [0.3, 0.4) is 0 Å². The molecule has 2 fully saturated rings. The summed E-state index contributed by atoms with van der Waals surface area (Å²) in [5, 5.41) is 16.0. The first kappa shape index (κ1) is 14.4. The zero-order valence-corrected chi connectivity index (χ0v) is 12.8. The fourth-order valence-corrected chi connectivity index (χ4v) is 3.98. The standard InChI is InChI=1S/C13H18N4O3S/c1-6(2)12-17(8(5-21-12)13(19)20)11(18)10-14-9(15-16-10)7-3-4-7/h6-8,12H,3-5H2,1-2H3,(H,19,20)(H,14,15,16). The third kappa shape index (κ3) is 2.64. The number of hydrogen-bond acceptors (Lipinski definition) is 5. The number of thioether (sulfide) groups is 1. The monoisotopic (exact) mass is 310 g/mol. The summed E-state index contributed by atoms with van der Waals surface area (Å²) in [6.07, 6.45) is 2.13. The molecule has 1 aromatic rings. The second-order valence-corrected chi connectivity index (χ2v) is 7.00. The van der Waals surface area contributed by atoms with Crippen LogP contribution in [0.15, 0.2) is 0 Å². The number of amides is 1. The normalized spacial score (nSPS) is 25.6. The predicted molar refractivity (Wildman–Crippen MR) is 77.0 cm³/mol. The molecule has 2 atom stereocenters. The number of carboxylic acids is 1. The maximum atomic E-state index is 12.6. The summed E-state index contributed by atoms with van der Waals surface area (Å²) in [5.74, 6) is 0.401. The van der Waals surface area contributed by atoms with Gasteiger partial charge in [0.25, 0.3) is 5.91 Å². The molecule has 1 saturated heterocycles. The molecule has 8 heteroatoms. The summed E-state index contributed by atoms with van der Waals surface area (Å²) >= 11 is 1.50. The Labute approximate surface area is 126 Å². The van der Waals surface area contributed by atoms with Crippen LogP contribution in [0.25, 0.3) is 0 Å². The first-order chi connectivity index (χ1) is 9.99. The molecule has 1 aromatic heterocycles. The van der Waals surface area contributed by atoms with Gasteiger partial charge in [0.05, 0.1) is 5.37 Å². The number of rotatable bonds is 4. The second kappa shape index (κ2) is 5.32. The van der Waals surface area contributed by atoms with Crippen LogP contribution >= 0.6 is 11.8 Å². The molecule has 2 unspecified atom stereocenters. The van der Waals surface area contributed by atoms with E-state index in [0.29, 0.717) is 11.7 Å². The van der Waals surface area contributed by atoms with E-state index in [9.17, 15) is 14.7 Å². The summed E-state index contributed by atoms with van der Waals surface area (Å²) in [4.78, 5) is 29.7. The molecule has 2 N–H and O–H groups in total. The van der Waals surface area contributed by atoms with Crippen molar-refractivity contribution in [2.75, 3.05) is 5.75 Å². The number of aliphatic carboxylic acids is 1. The van der Waals surface area contributed by atoms with Gasteiger partial charge in [-0.2, -0.15) is 0 Å². The largest absolute Gasteiger partial charge is 0.480 e. The van der Waals surface area contributed by atoms with E-state index < -0.39 is 17.9 Å². The lowest BCUT2D eigenvalue weighted by Crippen LogP contribution is -2.47. The van der Waals surface area contributed by atoms with Gasteiger partial charge in [0.2, 0.25) is 5.82 Å². The highest BCUT2D eigenvalue weighted by molar-refractivity contribution is 8.00. The number of aromatic nitrogens is 3. The van der Waals surface area contributed by atoms with Gasteiger partial charge in [-0.3, -0.25) is 9.89 Å². The van der Waals surface area contributed by atoms with Crippen molar-refractivity contribution in [3.63, 3.8) is 0 Å². The smallest absolute Gasteiger partial charge is 0.327 e. The van der Waals surface area contributed by atoms with Crippen molar-refractivity contribution in [2.24, 2.45) is 5.92 Å². The Balaban J connectivity index is 1.85. The molecule has 1 aliphatic carbocycles. The molecule has 21 heavy (non-hydrogen) atoms. The number of carboxylic acid groups (broad SMARTS) is 1. The van der Waals surface area contributed by atoms with E-state index in [2.05, 4.69) is 15.2 Å². The Morgan fingerprint density at radius 2 is 2.14 bits per heavy atom. The van der Waals surface area contributed by atoms with E-state index in [1.165, 1.54) is 16.7 Å². The zero-order chi connectivity index (χ0) is 15.1. The van der Waals surface area contributed by atoms with Crippen LogP contribution in [0.4, 0.5) is 0 Å². The molecule has 114 valence electrons. The topological polar surface area (TPSA) is 99.2 Å². The third-order valence-electron chi connectivity index (χ3n) is 3.78. The molecule has 0 radical (unpaired) electrons. The molecule has 2 aliphatic rings. The minimum atomic E-state index is -0.975. The lowest BCUT2D eigenvalue weighted by atomic mass is 10.1. The van der Waals surface area contributed by atoms with E-state index in [1.54, 1.807) is 0 Å². The molecule has 7 nitrogen and oxygen atoms in total. The van der Waals surface area contributed by atoms with Crippen LogP contribution in [0.1, 0.15) is 49.1 Å². The van der Waals surface area contributed by atoms with Gasteiger partial charge < -0.3 is 10.0 Å². The first-order valence-corrected chi connectivity index (χ1v) is 8.13. The van der Waals surface area contributed by atoms with Crippen LogP contribution in [0, 0.1) is 5.92 Å². The Morgan fingerprint density at radius 3 is 2.71 bits per heavy atom. The zero-order valence-electron chi connectivity index (χ0n) is 11.9. The highest BCUT2D eigenvalue weighted by atomic mass is 32.2. The van der Waals surface area contributed by atoms with Gasteiger partial charge in [0.15, 0.2) is 0 Å². The van der Waals surface area contributed by atoms with Gasteiger partial charge in [-0.1, -0.05) is 13.8 Å². The number of H-pyrrole nitrogens is 1. The highest BCUT2D eigenvalue weighted by Crippen LogP contribution is 2.38. The van der Waals surface area contributed by atoms with E-state index >= 15 is 0 Å². The van der Waals surface area contributed by atoms with E-state index in [-0.39, 0.29) is 17.1 Å². The number of hydrogen-bond donors (Lipinski definition) is 2. The lowest BCUT2D eigenvalue weighted by Gasteiger charge is -2.28. The van der Waals surface area contributed by atoms with Crippen molar-refractivity contribution in [3.05, 3.63) is 11.6 Å². The molecule has 1 saturated carbocycles. The van der Waals surface area contributed by atoms with Crippen LogP contribution in [0.5, 0.6) is 0 Å². The molecule has 2 heterocycles. The quantitative estimate of drug-likeness (QED) is 0.870. The average Bonchev–Trinajstić information content (AvgIpc) is 3.01. The second-order valence-electron chi connectivity index (χ2n) is 5.85. The predicted octanol–water partition coefficient (Wildman–Crippen LogP) is 1.31. The summed E-state index contributed by atoms with van der Waals surface area (Å²) < 4.78 is 0. The molecular formula is C13H18N4O3S. The van der Waals surface area contributed by atoms with Gasteiger partial charge in [-0.05, 0) is 18.8 Å². The summed E-state index contributed by atoms with van der Waals surface area (Å²) in [5.41, 5.74) is 0. The van der Waals surface area contributed by atoms with Gasteiger partial charge >= 0.3 is 5.97 Å².